The van der Waals surface area contributed by atoms with Crippen molar-refractivity contribution in [1.82, 2.24) is 14.7 Å². The largest absolute Gasteiger partial charge is 0.435 e. The van der Waals surface area contributed by atoms with Crippen LogP contribution in [0.3, 0.4) is 0 Å². The Hall–Kier alpha value is -1.18. The molecule has 0 N–H and O–H groups in total. The van der Waals surface area contributed by atoms with Crippen LogP contribution < -0.4 is 0 Å². The van der Waals surface area contributed by atoms with Crippen LogP contribution >= 0.6 is 11.8 Å². The van der Waals surface area contributed by atoms with Gasteiger partial charge in [-0.1, -0.05) is 0 Å². The fourth-order valence-corrected chi connectivity index (χ4v) is 3.33. The van der Waals surface area contributed by atoms with Crippen LogP contribution in [0.5, 0.6) is 0 Å². The van der Waals surface area contributed by atoms with Crippen molar-refractivity contribution in [2.45, 2.75) is 19.0 Å². The zero-order valence-corrected chi connectivity index (χ0v) is 12.8. The molecular weight excluding hydrogens is 303 g/mol. The molecule has 0 bridgehead atoms. The van der Waals surface area contributed by atoms with Gasteiger partial charge in [0.2, 0.25) is 0 Å². The molecule has 1 saturated heterocycles. The summed E-state index contributed by atoms with van der Waals surface area (Å²) in [5.74, 6) is 1.00. The third kappa shape index (κ3) is 3.72. The topological polar surface area (TPSA) is 38.1 Å². The van der Waals surface area contributed by atoms with Gasteiger partial charge in [-0.2, -0.15) is 30.0 Å². The summed E-state index contributed by atoms with van der Waals surface area (Å²) in [6, 6.07) is 0.834. The Kier molecular flexibility index (Phi) is 4.85. The van der Waals surface area contributed by atoms with Crippen LogP contribution in [-0.4, -0.2) is 45.7 Å². The minimum atomic E-state index is -4.53. The second kappa shape index (κ2) is 6.29. The number of alkyl halides is 3. The SMILES string of the molecule is CSC[C@H]1CCCN(C(=O)c2cc(C(F)(F)F)nn2C)C1. The normalized spacial score (nSPS) is 19.9. The maximum atomic E-state index is 12.6. The zero-order chi connectivity index (χ0) is 15.6. The van der Waals surface area contributed by atoms with Crippen molar-refractivity contribution in [2.24, 2.45) is 13.0 Å². The van der Waals surface area contributed by atoms with Gasteiger partial charge in [-0.3, -0.25) is 9.48 Å². The molecule has 2 rings (SSSR count). The smallest absolute Gasteiger partial charge is 0.337 e. The lowest BCUT2D eigenvalue weighted by Crippen LogP contribution is -2.41. The summed E-state index contributed by atoms with van der Waals surface area (Å²) in [5.41, 5.74) is -1.03. The monoisotopic (exact) mass is 321 g/mol. The molecule has 0 unspecified atom stereocenters. The highest BCUT2D eigenvalue weighted by atomic mass is 32.2. The number of thioether (sulfide) groups is 1. The predicted molar refractivity (Wildman–Crippen MR) is 75.2 cm³/mol. The fourth-order valence-electron chi connectivity index (χ4n) is 2.59. The Bertz CT molecular complexity index is 513. The quantitative estimate of drug-likeness (QED) is 0.859. The van der Waals surface area contributed by atoms with E-state index in [0.29, 0.717) is 19.0 Å². The highest BCUT2D eigenvalue weighted by molar-refractivity contribution is 7.98. The van der Waals surface area contributed by atoms with Gasteiger partial charge in [0.25, 0.3) is 5.91 Å². The molecule has 0 radical (unpaired) electrons. The first-order valence-electron chi connectivity index (χ1n) is 6.72. The van der Waals surface area contributed by atoms with Gasteiger partial charge in [0.1, 0.15) is 5.69 Å². The molecule has 0 aromatic carbocycles. The van der Waals surface area contributed by atoms with E-state index >= 15 is 0 Å². The number of piperidine rings is 1. The second-order valence-corrected chi connectivity index (χ2v) is 6.16. The Labute approximate surface area is 125 Å². The van der Waals surface area contributed by atoms with Crippen molar-refractivity contribution < 1.29 is 18.0 Å². The zero-order valence-electron chi connectivity index (χ0n) is 12.0. The average molecular weight is 321 g/mol. The molecule has 4 nitrogen and oxygen atoms in total. The third-order valence-electron chi connectivity index (χ3n) is 3.60. The molecule has 1 aromatic rings. The number of amides is 1. The summed E-state index contributed by atoms with van der Waals surface area (Å²) in [6.07, 6.45) is -0.568. The van der Waals surface area contributed by atoms with E-state index < -0.39 is 11.9 Å². The van der Waals surface area contributed by atoms with E-state index in [0.717, 1.165) is 29.3 Å². The highest BCUT2D eigenvalue weighted by Crippen LogP contribution is 2.29. The molecule has 1 aliphatic rings. The maximum absolute atomic E-state index is 12.6. The summed E-state index contributed by atoms with van der Waals surface area (Å²) >= 11 is 1.72. The van der Waals surface area contributed by atoms with E-state index in [4.69, 9.17) is 0 Å². The molecule has 0 aliphatic carbocycles. The lowest BCUT2D eigenvalue weighted by atomic mass is 10.00. The molecule has 2 heterocycles. The minimum Gasteiger partial charge on any atom is -0.337 e. The number of halogens is 3. The van der Waals surface area contributed by atoms with Gasteiger partial charge in [0.15, 0.2) is 5.69 Å². The molecule has 1 amide bonds. The molecular formula is C13H18F3N3OS. The fraction of sp³-hybridized carbons (Fsp3) is 0.692. The van der Waals surface area contributed by atoms with Crippen molar-refractivity contribution in [2.75, 3.05) is 25.1 Å². The van der Waals surface area contributed by atoms with E-state index in [9.17, 15) is 18.0 Å². The third-order valence-corrected chi connectivity index (χ3v) is 4.40. The number of hydrogen-bond donors (Lipinski definition) is 0. The van der Waals surface area contributed by atoms with E-state index in [1.54, 1.807) is 16.7 Å². The predicted octanol–water partition coefficient (Wildman–Crippen LogP) is 2.65. The van der Waals surface area contributed by atoms with Gasteiger partial charge in [-0.15, -0.1) is 0 Å². The van der Waals surface area contributed by atoms with Gasteiger partial charge in [0, 0.05) is 26.2 Å². The van der Waals surface area contributed by atoms with E-state index in [-0.39, 0.29) is 11.6 Å². The van der Waals surface area contributed by atoms with E-state index in [1.165, 1.54) is 7.05 Å². The first kappa shape index (κ1) is 16.2. The molecule has 1 aliphatic heterocycles. The summed E-state index contributed by atoms with van der Waals surface area (Å²) in [7, 11) is 1.37. The van der Waals surface area contributed by atoms with Crippen LogP contribution in [-0.2, 0) is 13.2 Å². The Morgan fingerprint density at radius 1 is 1.52 bits per heavy atom. The Balaban J connectivity index is 2.14. The van der Waals surface area contributed by atoms with Crippen LogP contribution in [0.25, 0.3) is 0 Å². The van der Waals surface area contributed by atoms with Crippen molar-refractivity contribution in [3.63, 3.8) is 0 Å². The Morgan fingerprint density at radius 2 is 2.24 bits per heavy atom. The summed E-state index contributed by atoms with van der Waals surface area (Å²) in [5, 5.41) is 3.39. The highest BCUT2D eigenvalue weighted by Gasteiger charge is 2.36. The number of likely N-dealkylation sites (tertiary alicyclic amines) is 1. The standard InChI is InChI=1S/C13H18F3N3OS/c1-18-10(6-11(17-18)13(14,15)16)12(20)19-5-3-4-9(7-19)8-21-2/h6,9H,3-5,7-8H2,1-2H3/t9-/m0/s1. The van der Waals surface area contributed by atoms with Crippen LogP contribution in [0, 0.1) is 5.92 Å². The minimum absolute atomic E-state index is 0.00729. The van der Waals surface area contributed by atoms with Crippen LogP contribution in [0.2, 0.25) is 0 Å². The van der Waals surface area contributed by atoms with Crippen molar-refractivity contribution in [3.8, 4) is 0 Å². The number of rotatable bonds is 3. The van der Waals surface area contributed by atoms with Crippen LogP contribution in [0.1, 0.15) is 29.0 Å². The number of carbonyl (C=O) groups excluding carboxylic acids is 1. The van der Waals surface area contributed by atoms with E-state index in [1.807, 2.05) is 6.26 Å². The van der Waals surface area contributed by atoms with Crippen molar-refractivity contribution in [1.29, 1.82) is 0 Å². The molecule has 118 valence electrons. The number of carbonyl (C=O) groups is 1. The lowest BCUT2D eigenvalue weighted by Gasteiger charge is -2.32. The Morgan fingerprint density at radius 3 is 2.81 bits per heavy atom. The molecule has 0 saturated carbocycles. The van der Waals surface area contributed by atoms with Gasteiger partial charge in [-0.05, 0) is 30.8 Å². The molecule has 1 atom stereocenters. The summed E-state index contributed by atoms with van der Waals surface area (Å²) in [6.45, 7) is 1.20. The summed E-state index contributed by atoms with van der Waals surface area (Å²) < 4.78 is 39.0. The van der Waals surface area contributed by atoms with Gasteiger partial charge in [-0.25, -0.2) is 0 Å². The van der Waals surface area contributed by atoms with Crippen molar-refractivity contribution in [3.05, 3.63) is 17.5 Å². The van der Waals surface area contributed by atoms with Gasteiger partial charge < -0.3 is 4.90 Å². The first-order chi connectivity index (χ1) is 9.82. The lowest BCUT2D eigenvalue weighted by molar-refractivity contribution is -0.141. The molecule has 1 aromatic heterocycles. The maximum Gasteiger partial charge on any atom is 0.435 e. The molecule has 1 fully saturated rings. The number of nitrogens with zero attached hydrogens (tertiary/aromatic N) is 3. The van der Waals surface area contributed by atoms with Crippen LogP contribution in [0.4, 0.5) is 13.2 Å². The van der Waals surface area contributed by atoms with E-state index in [2.05, 4.69) is 5.10 Å². The molecule has 0 spiro atoms. The van der Waals surface area contributed by atoms with Gasteiger partial charge >= 0.3 is 6.18 Å². The first-order valence-corrected chi connectivity index (χ1v) is 8.11. The molecule has 21 heavy (non-hydrogen) atoms. The number of aryl methyl sites for hydroxylation is 1. The summed E-state index contributed by atoms with van der Waals surface area (Å²) in [4.78, 5) is 14.0. The molecule has 8 heteroatoms. The number of aromatic nitrogens is 2. The average Bonchev–Trinajstić information content (AvgIpc) is 2.81. The van der Waals surface area contributed by atoms with Gasteiger partial charge in [0.05, 0.1) is 0 Å². The second-order valence-electron chi connectivity index (χ2n) is 5.25. The van der Waals surface area contributed by atoms with Crippen LogP contribution in [0.15, 0.2) is 6.07 Å². The van der Waals surface area contributed by atoms with Crippen molar-refractivity contribution >= 4 is 17.7 Å². The number of hydrogen-bond acceptors (Lipinski definition) is 3.